The maximum Gasteiger partial charge on any atom is 0.0619 e. The second-order valence-corrected chi connectivity index (χ2v) is 5.85. The standard InChI is InChI=1S/C16H26N2O/c1-14-11-19-10-9-18(14)13-16(2,12-17-3)15-7-5-4-6-8-15/h4-8,14,17H,9-13H2,1-3H3. The van der Waals surface area contributed by atoms with Crippen LogP contribution in [0.1, 0.15) is 19.4 Å². The lowest BCUT2D eigenvalue weighted by Gasteiger charge is -2.41. The summed E-state index contributed by atoms with van der Waals surface area (Å²) in [7, 11) is 2.03. The largest absolute Gasteiger partial charge is 0.379 e. The minimum absolute atomic E-state index is 0.140. The number of nitrogens with zero attached hydrogens (tertiary/aromatic N) is 1. The van der Waals surface area contributed by atoms with E-state index < -0.39 is 0 Å². The van der Waals surface area contributed by atoms with Crippen LogP contribution in [0.25, 0.3) is 0 Å². The molecule has 0 saturated carbocycles. The summed E-state index contributed by atoms with van der Waals surface area (Å²) in [6.45, 7) is 9.40. The van der Waals surface area contributed by atoms with E-state index in [4.69, 9.17) is 4.74 Å². The second-order valence-electron chi connectivity index (χ2n) is 5.85. The third kappa shape index (κ3) is 3.56. The van der Waals surface area contributed by atoms with E-state index in [-0.39, 0.29) is 5.41 Å². The summed E-state index contributed by atoms with van der Waals surface area (Å²) < 4.78 is 5.53. The number of rotatable bonds is 5. The number of nitrogens with one attached hydrogen (secondary N) is 1. The molecule has 19 heavy (non-hydrogen) atoms. The molecule has 1 aromatic carbocycles. The van der Waals surface area contributed by atoms with Gasteiger partial charge in [0.15, 0.2) is 0 Å². The van der Waals surface area contributed by atoms with E-state index in [1.165, 1.54) is 5.56 Å². The van der Waals surface area contributed by atoms with Crippen molar-refractivity contribution in [3.05, 3.63) is 35.9 Å². The van der Waals surface area contributed by atoms with E-state index in [9.17, 15) is 0 Å². The fourth-order valence-electron chi connectivity index (χ4n) is 2.92. The first-order chi connectivity index (χ1) is 9.15. The predicted octanol–water partition coefficient (Wildman–Crippen LogP) is 1.88. The first-order valence-electron chi connectivity index (χ1n) is 7.17. The lowest BCUT2D eigenvalue weighted by atomic mass is 9.81. The second kappa shape index (κ2) is 6.51. The van der Waals surface area contributed by atoms with Crippen LogP contribution in [0.5, 0.6) is 0 Å². The van der Waals surface area contributed by atoms with Crippen LogP contribution in [0.2, 0.25) is 0 Å². The van der Waals surface area contributed by atoms with Crippen LogP contribution in [0.15, 0.2) is 30.3 Å². The Morgan fingerprint density at radius 2 is 2.11 bits per heavy atom. The van der Waals surface area contributed by atoms with Gasteiger partial charge in [-0.05, 0) is 19.5 Å². The highest BCUT2D eigenvalue weighted by Crippen LogP contribution is 2.25. The van der Waals surface area contributed by atoms with E-state index in [1.54, 1.807) is 0 Å². The van der Waals surface area contributed by atoms with Crippen LogP contribution in [0.3, 0.4) is 0 Å². The highest BCUT2D eigenvalue weighted by molar-refractivity contribution is 5.25. The zero-order valence-electron chi connectivity index (χ0n) is 12.4. The maximum atomic E-state index is 5.53. The Kier molecular flexibility index (Phi) is 4.97. The average Bonchev–Trinajstić information content (AvgIpc) is 2.43. The molecular weight excluding hydrogens is 236 g/mol. The van der Waals surface area contributed by atoms with Crippen molar-refractivity contribution < 1.29 is 4.74 Å². The van der Waals surface area contributed by atoms with Crippen LogP contribution >= 0.6 is 0 Å². The van der Waals surface area contributed by atoms with Gasteiger partial charge in [0.25, 0.3) is 0 Å². The van der Waals surface area contributed by atoms with Crippen molar-refractivity contribution in [3.8, 4) is 0 Å². The van der Waals surface area contributed by atoms with Crippen molar-refractivity contribution in [1.82, 2.24) is 10.2 Å². The van der Waals surface area contributed by atoms with E-state index >= 15 is 0 Å². The molecule has 0 bridgehead atoms. The SMILES string of the molecule is CNCC(C)(CN1CCOCC1C)c1ccccc1. The van der Waals surface area contributed by atoms with Gasteiger partial charge in [0.1, 0.15) is 0 Å². The van der Waals surface area contributed by atoms with Crippen LogP contribution in [0.4, 0.5) is 0 Å². The van der Waals surface area contributed by atoms with Crippen molar-refractivity contribution >= 4 is 0 Å². The Hall–Kier alpha value is -0.900. The van der Waals surface area contributed by atoms with Crippen LogP contribution in [-0.4, -0.2) is 50.8 Å². The summed E-state index contributed by atoms with van der Waals surface area (Å²) in [6, 6.07) is 11.3. The van der Waals surface area contributed by atoms with Gasteiger partial charge >= 0.3 is 0 Å². The van der Waals surface area contributed by atoms with Crippen molar-refractivity contribution in [2.24, 2.45) is 0 Å². The number of hydrogen-bond donors (Lipinski definition) is 1. The molecular formula is C16H26N2O. The highest BCUT2D eigenvalue weighted by atomic mass is 16.5. The summed E-state index contributed by atoms with van der Waals surface area (Å²) in [6.07, 6.45) is 0. The Balaban J connectivity index is 2.15. The summed E-state index contributed by atoms with van der Waals surface area (Å²) in [5.74, 6) is 0. The Bertz CT molecular complexity index is 382. The maximum absolute atomic E-state index is 5.53. The molecule has 1 saturated heterocycles. The molecule has 2 unspecified atom stereocenters. The zero-order chi connectivity index (χ0) is 13.7. The van der Waals surface area contributed by atoms with Crippen molar-refractivity contribution in [3.63, 3.8) is 0 Å². The molecule has 0 amide bonds. The van der Waals surface area contributed by atoms with Gasteiger partial charge in [-0.25, -0.2) is 0 Å². The molecule has 1 heterocycles. The minimum Gasteiger partial charge on any atom is -0.379 e. The summed E-state index contributed by atoms with van der Waals surface area (Å²) >= 11 is 0. The first-order valence-corrected chi connectivity index (χ1v) is 7.17. The van der Waals surface area contributed by atoms with Crippen LogP contribution in [0, 0.1) is 0 Å². The van der Waals surface area contributed by atoms with E-state index in [0.29, 0.717) is 6.04 Å². The van der Waals surface area contributed by atoms with Crippen molar-refractivity contribution in [1.29, 1.82) is 0 Å². The summed E-state index contributed by atoms with van der Waals surface area (Å²) in [5.41, 5.74) is 1.55. The number of hydrogen-bond acceptors (Lipinski definition) is 3. The molecule has 0 aromatic heterocycles. The minimum atomic E-state index is 0.140. The number of ether oxygens (including phenoxy) is 1. The van der Waals surface area contributed by atoms with Gasteiger partial charge in [-0.2, -0.15) is 0 Å². The van der Waals surface area contributed by atoms with E-state index in [1.807, 2.05) is 7.05 Å². The smallest absolute Gasteiger partial charge is 0.0619 e. The molecule has 1 aliphatic rings. The molecule has 1 fully saturated rings. The molecule has 3 nitrogen and oxygen atoms in total. The average molecular weight is 262 g/mol. The fraction of sp³-hybridized carbons (Fsp3) is 0.625. The van der Waals surface area contributed by atoms with Crippen molar-refractivity contribution in [2.75, 3.05) is 39.9 Å². The monoisotopic (exact) mass is 262 g/mol. The summed E-state index contributed by atoms with van der Waals surface area (Å²) in [5, 5.41) is 3.35. The lowest BCUT2D eigenvalue weighted by molar-refractivity contribution is -0.00944. The van der Waals surface area contributed by atoms with Gasteiger partial charge in [-0.1, -0.05) is 37.3 Å². The molecule has 1 N–H and O–H groups in total. The summed E-state index contributed by atoms with van der Waals surface area (Å²) in [4.78, 5) is 2.55. The molecule has 2 rings (SSSR count). The number of likely N-dealkylation sites (N-methyl/N-ethyl adjacent to an activating group) is 1. The molecule has 0 aliphatic carbocycles. The van der Waals surface area contributed by atoms with Gasteiger partial charge in [0, 0.05) is 31.1 Å². The quantitative estimate of drug-likeness (QED) is 0.877. The van der Waals surface area contributed by atoms with Crippen LogP contribution in [-0.2, 0) is 10.2 Å². The van der Waals surface area contributed by atoms with Gasteiger partial charge in [-0.15, -0.1) is 0 Å². The molecule has 1 aliphatic heterocycles. The number of benzene rings is 1. The van der Waals surface area contributed by atoms with Crippen LogP contribution < -0.4 is 5.32 Å². The predicted molar refractivity (Wildman–Crippen MR) is 79.6 cm³/mol. The number of morpholine rings is 1. The molecule has 0 spiro atoms. The van der Waals surface area contributed by atoms with E-state index in [2.05, 4.69) is 54.4 Å². The third-order valence-electron chi connectivity index (χ3n) is 4.09. The normalized spacial score (nSPS) is 24.1. The Morgan fingerprint density at radius 1 is 1.37 bits per heavy atom. The molecule has 3 heteroatoms. The van der Waals surface area contributed by atoms with Gasteiger partial charge < -0.3 is 10.1 Å². The van der Waals surface area contributed by atoms with Gasteiger partial charge in [0.2, 0.25) is 0 Å². The Morgan fingerprint density at radius 3 is 2.74 bits per heavy atom. The molecule has 106 valence electrons. The zero-order valence-corrected chi connectivity index (χ0v) is 12.4. The lowest BCUT2D eigenvalue weighted by Crippen LogP contribution is -2.52. The van der Waals surface area contributed by atoms with E-state index in [0.717, 1.165) is 32.8 Å². The third-order valence-corrected chi connectivity index (χ3v) is 4.09. The Labute approximate surface area is 116 Å². The molecule has 1 aromatic rings. The fourth-order valence-corrected chi connectivity index (χ4v) is 2.92. The first kappa shape index (κ1) is 14.5. The van der Waals surface area contributed by atoms with Gasteiger partial charge in [-0.3, -0.25) is 4.90 Å². The van der Waals surface area contributed by atoms with Crippen molar-refractivity contribution in [2.45, 2.75) is 25.3 Å². The highest BCUT2D eigenvalue weighted by Gasteiger charge is 2.31. The topological polar surface area (TPSA) is 24.5 Å². The molecule has 2 atom stereocenters. The molecule has 0 radical (unpaired) electrons. The van der Waals surface area contributed by atoms with Gasteiger partial charge in [0.05, 0.1) is 13.2 Å².